The van der Waals surface area contributed by atoms with Crippen molar-refractivity contribution in [3.8, 4) is 44.5 Å². The predicted octanol–water partition coefficient (Wildman–Crippen LogP) is 15.4. The lowest BCUT2D eigenvalue weighted by atomic mass is 9.77. The topological polar surface area (TPSA) is 13.1 Å². The van der Waals surface area contributed by atoms with E-state index >= 15 is 0 Å². The van der Waals surface area contributed by atoms with Crippen molar-refractivity contribution in [3.63, 3.8) is 0 Å². The van der Waals surface area contributed by atoms with E-state index < -0.39 is 0 Å². The lowest BCUT2D eigenvalue weighted by Gasteiger charge is -2.25. The maximum atomic E-state index is 6.68. The van der Waals surface area contributed by atoms with Crippen LogP contribution in [0.2, 0.25) is 0 Å². The van der Waals surface area contributed by atoms with Crippen molar-refractivity contribution < 1.29 is 4.42 Å². The summed E-state index contributed by atoms with van der Waals surface area (Å²) >= 11 is 0. The summed E-state index contributed by atoms with van der Waals surface area (Å²) in [6.45, 7) is 22.0. The molecule has 290 valence electrons. The van der Waals surface area contributed by atoms with E-state index in [1.54, 1.807) is 0 Å². The lowest BCUT2D eigenvalue weighted by Crippen LogP contribution is -2.31. The highest BCUT2D eigenvalue weighted by molar-refractivity contribution is 6.20. The lowest BCUT2D eigenvalue weighted by molar-refractivity contribution is 0.662. The van der Waals surface area contributed by atoms with Gasteiger partial charge in [-0.2, -0.15) is 0 Å². The molecule has 0 fully saturated rings. The fraction of sp³-hybridized carbons (Fsp3) is 0.119. The van der Waals surface area contributed by atoms with Gasteiger partial charge in [-0.1, -0.05) is 154 Å². The second-order valence-corrected chi connectivity index (χ2v) is 16.7. The molecule has 0 saturated heterocycles. The zero-order chi connectivity index (χ0) is 41.4. The van der Waals surface area contributed by atoms with Crippen LogP contribution in [0.25, 0.3) is 118 Å². The molecule has 9 aromatic rings. The van der Waals surface area contributed by atoms with Gasteiger partial charge in [0, 0.05) is 21.6 Å². The van der Waals surface area contributed by atoms with Crippen LogP contribution in [0.15, 0.2) is 145 Å². The Labute approximate surface area is 352 Å². The summed E-state index contributed by atoms with van der Waals surface area (Å²) in [5.41, 5.74) is 18.8. The van der Waals surface area contributed by atoms with Crippen LogP contribution in [-0.2, 0) is 5.41 Å². The molecular weight excluding hydrogens is 725 g/mol. The number of allylic oxidation sites excluding steroid dienone is 1. The Morgan fingerprint density at radius 3 is 1.85 bits per heavy atom. The van der Waals surface area contributed by atoms with Gasteiger partial charge in [0.15, 0.2) is 0 Å². The third-order valence-corrected chi connectivity index (χ3v) is 13.1. The summed E-state index contributed by atoms with van der Waals surface area (Å²) in [7, 11) is 0. The largest absolute Gasteiger partial charge is 0.455 e. The second-order valence-electron chi connectivity index (χ2n) is 16.7. The Bertz CT molecular complexity index is 3470. The van der Waals surface area contributed by atoms with Crippen molar-refractivity contribution in [1.82, 2.24) is 0 Å². The first-order chi connectivity index (χ1) is 29.2. The van der Waals surface area contributed by atoms with E-state index in [-0.39, 0.29) is 5.41 Å². The summed E-state index contributed by atoms with van der Waals surface area (Å²) in [5.74, 6) is 0. The molecule has 1 heterocycles. The molecule has 1 aliphatic rings. The maximum Gasteiger partial charge on any atom is 0.143 e. The predicted molar refractivity (Wildman–Crippen MR) is 262 cm³/mol. The number of furan rings is 1. The van der Waals surface area contributed by atoms with Crippen molar-refractivity contribution in [2.75, 3.05) is 0 Å². The number of aryl methyl sites for hydroxylation is 1. The van der Waals surface area contributed by atoms with Crippen molar-refractivity contribution in [1.29, 1.82) is 0 Å². The van der Waals surface area contributed by atoms with Crippen LogP contribution < -0.4 is 10.4 Å². The zero-order valence-electron chi connectivity index (χ0n) is 35.3. The van der Waals surface area contributed by atoms with Gasteiger partial charge in [-0.05, 0) is 163 Å². The average molecular weight is 773 g/mol. The maximum absolute atomic E-state index is 6.68. The van der Waals surface area contributed by atoms with Crippen molar-refractivity contribution in [3.05, 3.63) is 184 Å². The summed E-state index contributed by atoms with van der Waals surface area (Å²) in [6, 6.07) is 45.0. The minimum absolute atomic E-state index is 0.193. The monoisotopic (exact) mass is 772 g/mol. The average Bonchev–Trinajstić information content (AvgIpc) is 3.78. The standard InChI is InChI=1S/C59H48O/c1-9-18-36-23-27-40(31-35(36)6)54-42(10-2)44(12-4)55(45(13-5)43(54)11-3)41-28-25-37-32-39(26-24-38(37)33-41)50-34-51-47(29-30-48-46-19-15-17-22-53(46)60-58(48)51)56-49-20-14-16-21-52(49)59(7,8)57(50)56/h9-34H,2,4H2,1,3,5-8H3/b18-9-,43-11+,45-13+. The third-order valence-electron chi connectivity index (χ3n) is 13.1. The van der Waals surface area contributed by atoms with E-state index in [9.17, 15) is 0 Å². The molecule has 0 saturated carbocycles. The summed E-state index contributed by atoms with van der Waals surface area (Å²) in [6.07, 6.45) is 12.8. The highest BCUT2D eigenvalue weighted by Crippen LogP contribution is 2.56. The summed E-state index contributed by atoms with van der Waals surface area (Å²) in [5, 5.41) is 9.47. The van der Waals surface area contributed by atoms with E-state index in [0.717, 1.165) is 44.0 Å². The number of hydrogen-bond donors (Lipinski definition) is 0. The molecule has 0 bridgehead atoms. The molecule has 1 heteroatoms. The van der Waals surface area contributed by atoms with E-state index in [0.29, 0.717) is 0 Å². The van der Waals surface area contributed by atoms with E-state index in [1.165, 1.54) is 87.8 Å². The van der Waals surface area contributed by atoms with Crippen LogP contribution in [0.1, 0.15) is 68.0 Å². The Morgan fingerprint density at radius 2 is 1.17 bits per heavy atom. The van der Waals surface area contributed by atoms with Gasteiger partial charge in [-0.25, -0.2) is 0 Å². The van der Waals surface area contributed by atoms with Crippen LogP contribution in [0.3, 0.4) is 0 Å². The number of rotatable bonds is 6. The molecule has 1 aliphatic carbocycles. The molecule has 8 aromatic carbocycles. The highest BCUT2D eigenvalue weighted by Gasteiger charge is 2.39. The van der Waals surface area contributed by atoms with Crippen LogP contribution >= 0.6 is 0 Å². The first-order valence-electron chi connectivity index (χ1n) is 21.1. The van der Waals surface area contributed by atoms with Crippen LogP contribution in [0, 0.1) is 6.92 Å². The van der Waals surface area contributed by atoms with Gasteiger partial charge in [0.2, 0.25) is 0 Å². The summed E-state index contributed by atoms with van der Waals surface area (Å²) < 4.78 is 6.68. The Balaban J connectivity index is 1.18. The molecule has 10 rings (SSSR count). The third kappa shape index (κ3) is 5.39. The molecule has 0 amide bonds. The Morgan fingerprint density at radius 1 is 0.550 bits per heavy atom. The van der Waals surface area contributed by atoms with Crippen LogP contribution in [0.5, 0.6) is 0 Å². The normalized spacial score (nSPS) is 13.9. The molecule has 0 radical (unpaired) electrons. The van der Waals surface area contributed by atoms with Gasteiger partial charge in [0.05, 0.1) is 0 Å². The Hall–Kier alpha value is -6.96. The van der Waals surface area contributed by atoms with Crippen molar-refractivity contribution in [2.45, 2.75) is 47.0 Å². The van der Waals surface area contributed by atoms with E-state index in [2.05, 4.69) is 200 Å². The van der Waals surface area contributed by atoms with E-state index in [4.69, 9.17) is 4.42 Å². The number of benzene rings is 8. The molecular formula is C59H48O. The van der Waals surface area contributed by atoms with Crippen LogP contribution in [-0.4, -0.2) is 0 Å². The van der Waals surface area contributed by atoms with Gasteiger partial charge in [-0.15, -0.1) is 0 Å². The number of fused-ring (bicyclic) bond motifs is 10. The van der Waals surface area contributed by atoms with Crippen molar-refractivity contribution >= 4 is 73.9 Å². The first kappa shape index (κ1) is 37.3. The fourth-order valence-electron chi connectivity index (χ4n) is 10.4. The smallest absolute Gasteiger partial charge is 0.143 e. The molecule has 0 atom stereocenters. The Kier molecular flexibility index (Phi) is 8.77. The molecule has 0 spiro atoms. The number of para-hydroxylation sites is 1. The molecule has 1 nitrogen and oxygen atoms in total. The minimum Gasteiger partial charge on any atom is -0.455 e. The summed E-state index contributed by atoms with van der Waals surface area (Å²) in [4.78, 5) is 0. The number of hydrogen-bond acceptors (Lipinski definition) is 1. The molecule has 1 aromatic heterocycles. The quantitative estimate of drug-likeness (QED) is 0.164. The van der Waals surface area contributed by atoms with Crippen LogP contribution in [0.4, 0.5) is 0 Å². The van der Waals surface area contributed by atoms with Gasteiger partial charge in [0.1, 0.15) is 11.2 Å². The van der Waals surface area contributed by atoms with Gasteiger partial charge >= 0.3 is 0 Å². The van der Waals surface area contributed by atoms with Gasteiger partial charge in [0.25, 0.3) is 0 Å². The minimum atomic E-state index is -0.193. The second kappa shape index (κ2) is 14.1. The van der Waals surface area contributed by atoms with Gasteiger partial charge < -0.3 is 4.42 Å². The highest BCUT2D eigenvalue weighted by atomic mass is 16.3. The molecule has 0 aliphatic heterocycles. The molecule has 60 heavy (non-hydrogen) atoms. The van der Waals surface area contributed by atoms with E-state index in [1.807, 2.05) is 12.2 Å². The fourth-order valence-corrected chi connectivity index (χ4v) is 10.4. The molecule has 0 unspecified atom stereocenters. The SMILES string of the molecule is C=Cc1c(C=C)c(-c2ccc3cc(-c4cc5c(ccc6c7ccccc7oc56)c5c4C(C)(C)c4ccccc4-5)ccc3c2)c(=C/C)/c(=C\C)c1-c1ccc(/C=C\C)c(C)c1. The van der Waals surface area contributed by atoms with Crippen molar-refractivity contribution in [2.24, 2.45) is 0 Å². The first-order valence-corrected chi connectivity index (χ1v) is 21.1. The molecule has 0 N–H and O–H groups in total. The van der Waals surface area contributed by atoms with Gasteiger partial charge in [-0.3, -0.25) is 0 Å². The zero-order valence-corrected chi connectivity index (χ0v) is 35.3.